The van der Waals surface area contributed by atoms with Crippen molar-refractivity contribution in [1.82, 2.24) is 15.3 Å². The fourth-order valence-electron chi connectivity index (χ4n) is 3.88. The number of hydrogen-bond donors (Lipinski definition) is 1. The quantitative estimate of drug-likeness (QED) is 0.637. The van der Waals surface area contributed by atoms with Crippen LogP contribution in [0.2, 0.25) is 10.0 Å². The van der Waals surface area contributed by atoms with Crippen molar-refractivity contribution < 1.29 is 4.79 Å². The van der Waals surface area contributed by atoms with Crippen molar-refractivity contribution in [3.8, 4) is 11.1 Å². The lowest BCUT2D eigenvalue weighted by Gasteiger charge is -2.33. The Labute approximate surface area is 180 Å². The monoisotopic (exact) mass is 428 g/mol. The van der Waals surface area contributed by atoms with Crippen LogP contribution in [0.1, 0.15) is 19.3 Å². The van der Waals surface area contributed by atoms with Crippen LogP contribution in [0, 0.1) is 5.92 Å². The molecule has 2 aromatic carbocycles. The van der Waals surface area contributed by atoms with Crippen molar-refractivity contribution in [3.63, 3.8) is 0 Å². The molecule has 1 saturated heterocycles. The molecule has 5 nitrogen and oxygen atoms in total. The third kappa shape index (κ3) is 4.31. The zero-order valence-corrected chi connectivity index (χ0v) is 17.7. The molecule has 4 rings (SSSR count). The fourth-order valence-corrected chi connectivity index (χ4v) is 4.27. The zero-order valence-electron chi connectivity index (χ0n) is 16.2. The summed E-state index contributed by atoms with van der Waals surface area (Å²) < 4.78 is 0. The second kappa shape index (κ2) is 8.56. The molecule has 0 atom stereocenters. The van der Waals surface area contributed by atoms with E-state index in [1.807, 2.05) is 30.3 Å². The number of nitrogens with one attached hydrogen (secondary N) is 1. The van der Waals surface area contributed by atoms with Crippen molar-refractivity contribution in [1.29, 1.82) is 0 Å². The Morgan fingerprint density at radius 3 is 2.55 bits per heavy atom. The summed E-state index contributed by atoms with van der Waals surface area (Å²) in [7, 11) is 1.69. The van der Waals surface area contributed by atoms with Crippen LogP contribution in [-0.4, -0.2) is 36.0 Å². The van der Waals surface area contributed by atoms with Crippen LogP contribution in [0.5, 0.6) is 0 Å². The van der Waals surface area contributed by atoms with E-state index in [4.69, 9.17) is 23.2 Å². The average Bonchev–Trinajstić information content (AvgIpc) is 2.74. The highest BCUT2D eigenvalue weighted by Crippen LogP contribution is 2.36. The largest absolute Gasteiger partial charge is 0.359 e. The van der Waals surface area contributed by atoms with Gasteiger partial charge in [0, 0.05) is 42.5 Å². The predicted molar refractivity (Wildman–Crippen MR) is 119 cm³/mol. The first-order valence-corrected chi connectivity index (χ1v) is 10.5. The van der Waals surface area contributed by atoms with E-state index in [9.17, 15) is 4.79 Å². The lowest BCUT2D eigenvalue weighted by Crippen LogP contribution is -2.36. The highest BCUT2D eigenvalue weighted by molar-refractivity contribution is 6.34. The van der Waals surface area contributed by atoms with Gasteiger partial charge in [-0.05, 0) is 48.6 Å². The Hall–Kier alpha value is -2.37. The molecular formula is C22H22Cl2N4O. The van der Waals surface area contributed by atoms with E-state index in [2.05, 4.69) is 26.3 Å². The number of piperidine rings is 1. The van der Waals surface area contributed by atoms with Crippen LogP contribution in [0.15, 0.2) is 42.7 Å². The number of nitrogens with zero attached hydrogens (tertiary/aromatic N) is 3. The molecule has 1 aliphatic heterocycles. The summed E-state index contributed by atoms with van der Waals surface area (Å²) in [6.45, 7) is 1.74. The number of fused-ring (bicyclic) bond motifs is 1. The van der Waals surface area contributed by atoms with Gasteiger partial charge in [-0.15, -0.1) is 0 Å². The number of benzene rings is 2. The maximum Gasteiger partial charge on any atom is 0.220 e. The molecule has 1 fully saturated rings. The van der Waals surface area contributed by atoms with Crippen molar-refractivity contribution in [3.05, 3.63) is 52.8 Å². The van der Waals surface area contributed by atoms with Crippen LogP contribution >= 0.6 is 23.2 Å². The van der Waals surface area contributed by atoms with Crippen LogP contribution in [0.4, 0.5) is 5.82 Å². The van der Waals surface area contributed by atoms with Crippen molar-refractivity contribution in [2.45, 2.75) is 19.3 Å². The number of halogens is 2. The third-order valence-electron chi connectivity index (χ3n) is 5.53. The first kappa shape index (κ1) is 19.9. The van der Waals surface area contributed by atoms with Gasteiger partial charge >= 0.3 is 0 Å². The van der Waals surface area contributed by atoms with Crippen molar-refractivity contribution in [2.75, 3.05) is 25.0 Å². The van der Waals surface area contributed by atoms with E-state index in [1.54, 1.807) is 13.4 Å². The molecule has 2 heterocycles. The molecule has 0 aliphatic carbocycles. The summed E-state index contributed by atoms with van der Waals surface area (Å²) in [5.74, 6) is 1.44. The van der Waals surface area contributed by atoms with Gasteiger partial charge in [0.05, 0.1) is 10.5 Å². The molecule has 1 amide bonds. The molecule has 150 valence electrons. The second-order valence-corrected chi connectivity index (χ2v) is 8.20. The van der Waals surface area contributed by atoms with E-state index in [1.165, 1.54) is 0 Å². The third-order valence-corrected chi connectivity index (χ3v) is 6.09. The van der Waals surface area contributed by atoms with E-state index in [0.717, 1.165) is 53.8 Å². The van der Waals surface area contributed by atoms with Gasteiger partial charge in [-0.3, -0.25) is 4.79 Å². The fraction of sp³-hybridized carbons (Fsp3) is 0.318. The van der Waals surface area contributed by atoms with Crippen molar-refractivity contribution in [2.24, 2.45) is 5.92 Å². The van der Waals surface area contributed by atoms with E-state index in [0.29, 0.717) is 22.4 Å². The first-order valence-electron chi connectivity index (χ1n) is 9.71. The lowest BCUT2D eigenvalue weighted by molar-refractivity contribution is -0.121. The van der Waals surface area contributed by atoms with Crippen LogP contribution < -0.4 is 10.2 Å². The van der Waals surface area contributed by atoms with Gasteiger partial charge in [0.25, 0.3) is 0 Å². The number of hydrogen-bond acceptors (Lipinski definition) is 4. The van der Waals surface area contributed by atoms with Gasteiger partial charge in [0.1, 0.15) is 12.1 Å². The van der Waals surface area contributed by atoms with E-state index < -0.39 is 0 Å². The summed E-state index contributed by atoms with van der Waals surface area (Å²) in [6, 6.07) is 11.6. The Morgan fingerprint density at radius 2 is 1.86 bits per heavy atom. The Morgan fingerprint density at radius 1 is 1.14 bits per heavy atom. The summed E-state index contributed by atoms with van der Waals surface area (Å²) in [5.41, 5.74) is 2.76. The topological polar surface area (TPSA) is 58.1 Å². The normalized spacial score (nSPS) is 14.9. The van der Waals surface area contributed by atoms with Gasteiger partial charge in [-0.1, -0.05) is 35.3 Å². The summed E-state index contributed by atoms with van der Waals surface area (Å²) >= 11 is 12.6. The molecule has 3 aromatic rings. The van der Waals surface area contributed by atoms with Crippen LogP contribution in [0.25, 0.3) is 22.0 Å². The molecule has 7 heteroatoms. The standard InChI is InChI=1S/C22H22Cl2N4O/c1-25-21(29)10-14-6-8-28(9-7-14)22-18-11-17(15-2-4-16(23)5-3-15)19(24)12-20(18)26-13-27-22/h2-5,11-14H,6-10H2,1H3,(H,25,29). The molecule has 0 radical (unpaired) electrons. The number of carbonyl (C=O) groups is 1. The smallest absolute Gasteiger partial charge is 0.220 e. The minimum absolute atomic E-state index is 0.109. The number of carbonyl (C=O) groups excluding carboxylic acids is 1. The first-order chi connectivity index (χ1) is 14.0. The SMILES string of the molecule is CNC(=O)CC1CCN(c2ncnc3cc(Cl)c(-c4ccc(Cl)cc4)cc23)CC1. The molecule has 0 unspecified atom stereocenters. The van der Waals surface area contributed by atoms with E-state index in [-0.39, 0.29) is 5.91 Å². The Bertz CT molecular complexity index is 1030. The van der Waals surface area contributed by atoms with Gasteiger partial charge < -0.3 is 10.2 Å². The number of aromatic nitrogens is 2. The molecular weight excluding hydrogens is 407 g/mol. The van der Waals surface area contributed by atoms with Gasteiger partial charge in [-0.2, -0.15) is 0 Å². The lowest BCUT2D eigenvalue weighted by atomic mass is 9.93. The van der Waals surface area contributed by atoms with Gasteiger partial charge in [0.15, 0.2) is 0 Å². The summed E-state index contributed by atoms with van der Waals surface area (Å²) in [5, 5.41) is 5.03. The molecule has 0 spiro atoms. The van der Waals surface area contributed by atoms with Gasteiger partial charge in [-0.25, -0.2) is 9.97 Å². The van der Waals surface area contributed by atoms with Gasteiger partial charge in [0.2, 0.25) is 5.91 Å². The molecule has 1 aliphatic rings. The maximum atomic E-state index is 11.7. The Balaban J connectivity index is 1.64. The minimum Gasteiger partial charge on any atom is -0.359 e. The predicted octanol–water partition coefficient (Wildman–Crippen LogP) is 4.96. The number of amides is 1. The molecule has 1 N–H and O–H groups in total. The average molecular weight is 429 g/mol. The number of anilines is 1. The van der Waals surface area contributed by atoms with Crippen molar-refractivity contribution >= 4 is 45.8 Å². The molecule has 1 aromatic heterocycles. The summed E-state index contributed by atoms with van der Waals surface area (Å²) in [6.07, 6.45) is 4.12. The summed E-state index contributed by atoms with van der Waals surface area (Å²) in [4.78, 5) is 22.9. The van der Waals surface area contributed by atoms with Crippen LogP contribution in [0.3, 0.4) is 0 Å². The minimum atomic E-state index is 0.109. The maximum absolute atomic E-state index is 11.7. The molecule has 29 heavy (non-hydrogen) atoms. The zero-order chi connectivity index (χ0) is 20.4. The highest BCUT2D eigenvalue weighted by Gasteiger charge is 2.23. The Kier molecular flexibility index (Phi) is 5.88. The molecule has 0 saturated carbocycles. The number of rotatable bonds is 4. The highest BCUT2D eigenvalue weighted by atomic mass is 35.5. The molecule has 0 bridgehead atoms. The second-order valence-electron chi connectivity index (χ2n) is 7.36. The van der Waals surface area contributed by atoms with E-state index >= 15 is 0 Å². The van der Waals surface area contributed by atoms with Crippen LogP contribution in [-0.2, 0) is 4.79 Å².